The lowest BCUT2D eigenvalue weighted by Gasteiger charge is -2.31. The minimum absolute atomic E-state index is 0.0619. The number of carbonyl (C=O) groups excluding carboxylic acids is 1. The number of nitrogens with zero attached hydrogens (tertiary/aromatic N) is 1. The van der Waals surface area contributed by atoms with Gasteiger partial charge in [0.1, 0.15) is 0 Å². The number of amides is 1. The number of benzene rings is 2. The van der Waals surface area contributed by atoms with Gasteiger partial charge >= 0.3 is 0 Å². The number of carbonyl (C=O) groups is 1. The van der Waals surface area contributed by atoms with E-state index < -0.39 is 10.0 Å². The lowest BCUT2D eigenvalue weighted by atomic mass is 9.99. The van der Waals surface area contributed by atoms with E-state index in [0.717, 1.165) is 30.4 Å². The fraction of sp³-hybridized carbons (Fsp3) is 0.435. The summed E-state index contributed by atoms with van der Waals surface area (Å²) < 4.78 is 27.0. The number of hydrogen-bond acceptors (Lipinski definition) is 3. The Morgan fingerprint density at radius 1 is 1.03 bits per heavy atom. The van der Waals surface area contributed by atoms with E-state index in [4.69, 9.17) is 11.6 Å². The Balaban J connectivity index is 1.44. The van der Waals surface area contributed by atoms with Crippen LogP contribution in [0.3, 0.4) is 0 Å². The quantitative estimate of drug-likeness (QED) is 0.636. The summed E-state index contributed by atoms with van der Waals surface area (Å²) in [4.78, 5) is 12.6. The Kier molecular flexibility index (Phi) is 8.31. The van der Waals surface area contributed by atoms with Gasteiger partial charge in [-0.25, -0.2) is 12.7 Å². The van der Waals surface area contributed by atoms with Gasteiger partial charge in [0.05, 0.1) is 11.7 Å². The fourth-order valence-electron chi connectivity index (χ4n) is 3.77. The topological polar surface area (TPSA) is 66.5 Å². The van der Waals surface area contributed by atoms with Gasteiger partial charge in [-0.1, -0.05) is 54.1 Å². The lowest BCUT2D eigenvalue weighted by Crippen LogP contribution is -2.46. The molecule has 0 saturated carbocycles. The first-order chi connectivity index (χ1) is 14.4. The second-order valence-electron chi connectivity index (χ2n) is 7.77. The second-order valence-corrected chi connectivity index (χ2v) is 10.3. The van der Waals surface area contributed by atoms with E-state index in [0.29, 0.717) is 31.0 Å². The molecule has 1 saturated heterocycles. The van der Waals surface area contributed by atoms with Crippen molar-refractivity contribution in [3.63, 3.8) is 0 Å². The summed E-state index contributed by atoms with van der Waals surface area (Å²) in [5.41, 5.74) is 2.25. The SMILES string of the molecule is O=C(NCCc1ccc(Cl)cc1)[C@@H]1CCCN(S(=O)(=O)CCCc2ccccc2)C1. The predicted octanol–water partition coefficient (Wildman–Crippen LogP) is 3.67. The molecule has 1 aliphatic heterocycles. The van der Waals surface area contributed by atoms with Crippen LogP contribution in [0.25, 0.3) is 0 Å². The zero-order valence-electron chi connectivity index (χ0n) is 17.1. The number of piperidine rings is 1. The summed E-state index contributed by atoms with van der Waals surface area (Å²) in [5.74, 6) is -0.228. The monoisotopic (exact) mass is 448 g/mol. The van der Waals surface area contributed by atoms with Gasteiger partial charge in [0.25, 0.3) is 0 Å². The van der Waals surface area contributed by atoms with Crippen molar-refractivity contribution in [2.24, 2.45) is 5.92 Å². The average Bonchev–Trinajstić information content (AvgIpc) is 2.76. The minimum atomic E-state index is -3.35. The van der Waals surface area contributed by atoms with Crippen molar-refractivity contribution in [1.29, 1.82) is 0 Å². The molecule has 1 aliphatic rings. The highest BCUT2D eigenvalue weighted by Gasteiger charge is 2.31. The zero-order valence-corrected chi connectivity index (χ0v) is 18.7. The molecule has 3 rings (SSSR count). The third-order valence-electron chi connectivity index (χ3n) is 5.49. The van der Waals surface area contributed by atoms with Crippen molar-refractivity contribution in [3.05, 3.63) is 70.7 Å². The zero-order chi connectivity index (χ0) is 21.4. The molecule has 2 aromatic rings. The van der Waals surface area contributed by atoms with Crippen LogP contribution in [0.1, 0.15) is 30.4 Å². The molecular weight excluding hydrogens is 420 g/mol. The van der Waals surface area contributed by atoms with E-state index in [1.807, 2.05) is 54.6 Å². The highest BCUT2D eigenvalue weighted by atomic mass is 35.5. The van der Waals surface area contributed by atoms with Gasteiger partial charge < -0.3 is 5.32 Å². The van der Waals surface area contributed by atoms with Crippen LogP contribution in [0.15, 0.2) is 54.6 Å². The normalized spacial score (nSPS) is 17.6. The Bertz CT molecular complexity index is 917. The van der Waals surface area contributed by atoms with Crippen LogP contribution < -0.4 is 5.32 Å². The van der Waals surface area contributed by atoms with E-state index in [-0.39, 0.29) is 24.1 Å². The van der Waals surface area contributed by atoms with E-state index in [1.165, 1.54) is 4.31 Å². The molecule has 5 nitrogen and oxygen atoms in total. The maximum absolute atomic E-state index is 12.8. The number of sulfonamides is 1. The van der Waals surface area contributed by atoms with Crippen molar-refractivity contribution in [2.75, 3.05) is 25.4 Å². The van der Waals surface area contributed by atoms with Gasteiger partial charge in [0, 0.05) is 24.7 Å². The van der Waals surface area contributed by atoms with Crippen LogP contribution >= 0.6 is 11.6 Å². The van der Waals surface area contributed by atoms with Crippen molar-refractivity contribution < 1.29 is 13.2 Å². The third kappa shape index (κ3) is 6.83. The standard InChI is InChI=1S/C23H29ClN2O3S/c24-22-12-10-20(11-13-22)14-15-25-23(27)21-9-4-16-26(18-21)30(28,29)17-5-8-19-6-2-1-3-7-19/h1-3,6-7,10-13,21H,4-5,8-9,14-18H2,(H,25,27)/t21-/m1/s1. The van der Waals surface area contributed by atoms with Crippen LogP contribution in [-0.4, -0.2) is 44.0 Å². The molecule has 2 aromatic carbocycles. The molecule has 0 spiro atoms. The van der Waals surface area contributed by atoms with Gasteiger partial charge in [-0.05, 0) is 55.4 Å². The van der Waals surface area contributed by atoms with E-state index >= 15 is 0 Å². The van der Waals surface area contributed by atoms with Gasteiger partial charge in [-0.3, -0.25) is 4.79 Å². The van der Waals surface area contributed by atoms with Crippen molar-refractivity contribution in [2.45, 2.75) is 32.1 Å². The molecule has 0 bridgehead atoms. The molecule has 162 valence electrons. The van der Waals surface area contributed by atoms with Crippen LogP contribution in [0, 0.1) is 5.92 Å². The van der Waals surface area contributed by atoms with Crippen molar-refractivity contribution in [3.8, 4) is 0 Å². The Morgan fingerprint density at radius 3 is 2.47 bits per heavy atom. The Morgan fingerprint density at radius 2 is 1.73 bits per heavy atom. The molecule has 7 heteroatoms. The fourth-order valence-corrected chi connectivity index (χ4v) is 5.47. The predicted molar refractivity (Wildman–Crippen MR) is 121 cm³/mol. The largest absolute Gasteiger partial charge is 0.355 e. The molecule has 0 radical (unpaired) electrons. The Labute approximate surface area is 184 Å². The highest BCUT2D eigenvalue weighted by Crippen LogP contribution is 2.20. The van der Waals surface area contributed by atoms with Crippen LogP contribution in [-0.2, 0) is 27.7 Å². The molecule has 1 fully saturated rings. The summed E-state index contributed by atoms with van der Waals surface area (Å²) in [5, 5.41) is 3.65. The van der Waals surface area contributed by atoms with Gasteiger partial charge in [0.2, 0.25) is 15.9 Å². The van der Waals surface area contributed by atoms with E-state index in [2.05, 4.69) is 5.32 Å². The molecular formula is C23H29ClN2O3S. The first-order valence-corrected chi connectivity index (χ1v) is 12.5. The molecule has 1 atom stereocenters. The van der Waals surface area contributed by atoms with Crippen LogP contribution in [0.4, 0.5) is 0 Å². The summed E-state index contributed by atoms with van der Waals surface area (Å²) in [6, 6.07) is 17.5. The molecule has 1 heterocycles. The first kappa shape index (κ1) is 22.8. The average molecular weight is 449 g/mol. The minimum Gasteiger partial charge on any atom is -0.355 e. The van der Waals surface area contributed by atoms with Crippen molar-refractivity contribution in [1.82, 2.24) is 9.62 Å². The molecule has 0 unspecified atom stereocenters. The first-order valence-electron chi connectivity index (χ1n) is 10.5. The number of aryl methyl sites for hydroxylation is 1. The molecule has 0 aromatic heterocycles. The summed E-state index contributed by atoms with van der Waals surface area (Å²) in [7, 11) is -3.35. The molecule has 30 heavy (non-hydrogen) atoms. The van der Waals surface area contributed by atoms with Gasteiger partial charge in [-0.2, -0.15) is 0 Å². The van der Waals surface area contributed by atoms with Crippen molar-refractivity contribution >= 4 is 27.5 Å². The summed E-state index contributed by atoms with van der Waals surface area (Å²) >= 11 is 5.89. The van der Waals surface area contributed by atoms with Gasteiger partial charge in [0.15, 0.2) is 0 Å². The van der Waals surface area contributed by atoms with Crippen LogP contribution in [0.2, 0.25) is 5.02 Å². The van der Waals surface area contributed by atoms with Gasteiger partial charge in [-0.15, -0.1) is 0 Å². The molecule has 1 N–H and O–H groups in total. The third-order valence-corrected chi connectivity index (χ3v) is 7.66. The van der Waals surface area contributed by atoms with E-state index in [9.17, 15) is 13.2 Å². The summed E-state index contributed by atoms with van der Waals surface area (Å²) in [6.07, 6.45) is 3.48. The van der Waals surface area contributed by atoms with E-state index in [1.54, 1.807) is 0 Å². The number of nitrogens with one attached hydrogen (secondary N) is 1. The number of hydrogen-bond donors (Lipinski definition) is 1. The number of rotatable bonds is 9. The molecule has 0 aliphatic carbocycles. The summed E-state index contributed by atoms with van der Waals surface area (Å²) in [6.45, 7) is 1.31. The second kappa shape index (κ2) is 10.9. The maximum Gasteiger partial charge on any atom is 0.224 e. The highest BCUT2D eigenvalue weighted by molar-refractivity contribution is 7.89. The maximum atomic E-state index is 12.8. The molecule has 1 amide bonds. The van der Waals surface area contributed by atoms with Crippen LogP contribution in [0.5, 0.6) is 0 Å². The Hall–Kier alpha value is -1.89. The smallest absolute Gasteiger partial charge is 0.224 e. The lowest BCUT2D eigenvalue weighted by molar-refractivity contribution is -0.126. The number of halogens is 1.